The highest BCUT2D eigenvalue weighted by Crippen LogP contribution is 2.35. The van der Waals surface area contributed by atoms with Crippen LogP contribution in [-0.2, 0) is 18.3 Å². The molecular formula is C19H23N5O. The van der Waals surface area contributed by atoms with Gasteiger partial charge in [-0.3, -0.25) is 14.8 Å². The van der Waals surface area contributed by atoms with Crippen LogP contribution >= 0.6 is 0 Å². The third-order valence-corrected chi connectivity index (χ3v) is 4.94. The first-order valence-electron chi connectivity index (χ1n) is 8.95. The van der Waals surface area contributed by atoms with Crippen molar-refractivity contribution in [2.24, 2.45) is 7.05 Å². The van der Waals surface area contributed by atoms with Gasteiger partial charge in [-0.1, -0.05) is 25.0 Å². The van der Waals surface area contributed by atoms with E-state index in [9.17, 15) is 4.79 Å². The van der Waals surface area contributed by atoms with Crippen molar-refractivity contribution in [2.45, 2.75) is 44.6 Å². The molecule has 2 aromatic heterocycles. The number of hydrogen-bond donors (Lipinski definition) is 1. The predicted molar refractivity (Wildman–Crippen MR) is 97.4 cm³/mol. The third kappa shape index (κ3) is 3.29. The molecule has 130 valence electrons. The Morgan fingerprint density at radius 2 is 2.08 bits per heavy atom. The largest absolute Gasteiger partial charge is 0.307 e. The zero-order chi connectivity index (χ0) is 17.2. The Bertz CT molecular complexity index is 888. The van der Waals surface area contributed by atoms with Crippen molar-refractivity contribution in [1.82, 2.24) is 19.3 Å². The van der Waals surface area contributed by atoms with Gasteiger partial charge in [-0.05, 0) is 37.0 Å². The van der Waals surface area contributed by atoms with Gasteiger partial charge in [0.15, 0.2) is 0 Å². The minimum Gasteiger partial charge on any atom is -0.307 e. The third-order valence-electron chi connectivity index (χ3n) is 4.94. The number of nitrogens with one attached hydrogen (secondary N) is 1. The van der Waals surface area contributed by atoms with Crippen molar-refractivity contribution in [3.8, 4) is 0 Å². The number of aromatic nitrogens is 4. The second-order valence-electron chi connectivity index (χ2n) is 6.80. The molecule has 1 aromatic carbocycles. The average Bonchev–Trinajstić information content (AvgIpc) is 3.32. The molecule has 0 atom stereocenters. The number of aryl methyl sites for hydroxylation is 2. The highest BCUT2D eigenvalue weighted by Gasteiger charge is 2.23. The quantitative estimate of drug-likeness (QED) is 0.775. The van der Waals surface area contributed by atoms with Crippen LogP contribution in [-0.4, -0.2) is 25.2 Å². The first-order valence-corrected chi connectivity index (χ1v) is 8.95. The minimum absolute atomic E-state index is 0.00148. The first kappa shape index (κ1) is 15.9. The molecule has 6 nitrogen and oxygen atoms in total. The summed E-state index contributed by atoms with van der Waals surface area (Å²) in [6, 6.07) is 8.55. The van der Waals surface area contributed by atoms with Gasteiger partial charge in [0.25, 0.3) is 0 Å². The molecule has 1 amide bonds. The molecule has 1 aliphatic carbocycles. The molecule has 25 heavy (non-hydrogen) atoms. The summed E-state index contributed by atoms with van der Waals surface area (Å²) in [5.74, 6) is 0.683. The number of anilines is 1. The topological polar surface area (TPSA) is 64.7 Å². The molecule has 0 radical (unpaired) electrons. The van der Waals surface area contributed by atoms with Crippen LogP contribution in [0.15, 0.2) is 36.7 Å². The molecular weight excluding hydrogens is 314 g/mol. The van der Waals surface area contributed by atoms with Crippen LogP contribution in [0.5, 0.6) is 0 Å². The van der Waals surface area contributed by atoms with Crippen LogP contribution in [0.2, 0.25) is 0 Å². The number of benzene rings is 1. The van der Waals surface area contributed by atoms with Crippen molar-refractivity contribution < 1.29 is 4.79 Å². The van der Waals surface area contributed by atoms with Crippen molar-refractivity contribution in [3.63, 3.8) is 0 Å². The summed E-state index contributed by atoms with van der Waals surface area (Å²) < 4.78 is 3.98. The Morgan fingerprint density at radius 1 is 1.28 bits per heavy atom. The fourth-order valence-electron chi connectivity index (χ4n) is 3.71. The van der Waals surface area contributed by atoms with E-state index in [0.29, 0.717) is 24.8 Å². The maximum atomic E-state index is 12.4. The molecule has 1 fully saturated rings. The van der Waals surface area contributed by atoms with Crippen LogP contribution in [0.25, 0.3) is 11.0 Å². The lowest BCUT2D eigenvalue weighted by Gasteiger charge is -2.16. The standard InChI is InChI=1S/C19H23N5O/c1-23-13-14(12-20-23)10-11-18(25)22-19-21-16-8-4-5-9-17(16)24(19)15-6-2-3-7-15/h4-5,8-9,12-13,15H,2-3,6-7,10-11H2,1H3,(H,21,22,25). The second kappa shape index (κ2) is 6.70. The Hall–Kier alpha value is -2.63. The van der Waals surface area contributed by atoms with Gasteiger partial charge >= 0.3 is 0 Å². The maximum absolute atomic E-state index is 12.4. The fraction of sp³-hybridized carbons (Fsp3) is 0.421. The lowest BCUT2D eigenvalue weighted by atomic mass is 10.2. The van der Waals surface area contributed by atoms with Gasteiger partial charge in [-0.25, -0.2) is 4.98 Å². The molecule has 4 rings (SSSR count). The van der Waals surface area contributed by atoms with Gasteiger partial charge in [0.1, 0.15) is 0 Å². The van der Waals surface area contributed by atoms with Crippen LogP contribution in [0.3, 0.4) is 0 Å². The van der Waals surface area contributed by atoms with Gasteiger partial charge in [-0.15, -0.1) is 0 Å². The molecule has 1 saturated carbocycles. The van der Waals surface area contributed by atoms with Crippen molar-refractivity contribution >= 4 is 22.9 Å². The molecule has 1 aliphatic rings. The molecule has 3 aromatic rings. The van der Waals surface area contributed by atoms with Gasteiger partial charge in [0.05, 0.1) is 17.2 Å². The summed E-state index contributed by atoms with van der Waals surface area (Å²) in [6.07, 6.45) is 9.65. The normalized spacial score (nSPS) is 15.1. The fourth-order valence-corrected chi connectivity index (χ4v) is 3.71. The summed E-state index contributed by atoms with van der Waals surface area (Å²) in [7, 11) is 1.88. The summed E-state index contributed by atoms with van der Waals surface area (Å²) in [4.78, 5) is 17.1. The van der Waals surface area contributed by atoms with Crippen molar-refractivity contribution in [2.75, 3.05) is 5.32 Å². The van der Waals surface area contributed by atoms with E-state index < -0.39 is 0 Å². The van der Waals surface area contributed by atoms with Gasteiger partial charge in [0, 0.05) is 25.7 Å². The highest BCUT2D eigenvalue weighted by atomic mass is 16.1. The molecule has 0 unspecified atom stereocenters. The Labute approximate surface area is 146 Å². The Kier molecular flexibility index (Phi) is 4.26. The maximum Gasteiger partial charge on any atom is 0.227 e. The number of imidazole rings is 1. The van der Waals surface area contributed by atoms with Crippen LogP contribution in [0.4, 0.5) is 5.95 Å². The molecule has 0 saturated heterocycles. The van der Waals surface area contributed by atoms with Crippen molar-refractivity contribution in [3.05, 3.63) is 42.2 Å². The summed E-state index contributed by atoms with van der Waals surface area (Å²) in [5, 5.41) is 7.18. The van der Waals surface area contributed by atoms with E-state index in [2.05, 4.69) is 26.0 Å². The second-order valence-corrected chi connectivity index (χ2v) is 6.80. The number of hydrogen-bond acceptors (Lipinski definition) is 3. The first-order chi connectivity index (χ1) is 12.2. The van der Waals surface area contributed by atoms with E-state index in [1.165, 1.54) is 12.8 Å². The molecule has 0 spiro atoms. The lowest BCUT2D eigenvalue weighted by molar-refractivity contribution is -0.116. The van der Waals surface area contributed by atoms with E-state index >= 15 is 0 Å². The van der Waals surface area contributed by atoms with Crippen LogP contribution in [0.1, 0.15) is 43.7 Å². The minimum atomic E-state index is -0.00148. The van der Waals surface area contributed by atoms with Crippen LogP contribution < -0.4 is 5.32 Å². The van der Waals surface area contributed by atoms with Gasteiger partial charge in [0.2, 0.25) is 11.9 Å². The number of carbonyl (C=O) groups excluding carboxylic acids is 1. The van der Waals surface area contributed by atoms with E-state index in [1.807, 2.05) is 31.4 Å². The number of amides is 1. The zero-order valence-electron chi connectivity index (χ0n) is 14.5. The van der Waals surface area contributed by atoms with E-state index in [4.69, 9.17) is 0 Å². The van der Waals surface area contributed by atoms with Crippen LogP contribution in [0, 0.1) is 0 Å². The zero-order valence-corrected chi connectivity index (χ0v) is 14.5. The molecule has 0 bridgehead atoms. The summed E-state index contributed by atoms with van der Waals surface area (Å²) >= 11 is 0. The lowest BCUT2D eigenvalue weighted by Crippen LogP contribution is -2.18. The van der Waals surface area contributed by atoms with E-state index in [0.717, 1.165) is 29.4 Å². The Morgan fingerprint density at radius 3 is 2.84 bits per heavy atom. The summed E-state index contributed by atoms with van der Waals surface area (Å²) in [6.45, 7) is 0. The number of carbonyl (C=O) groups is 1. The van der Waals surface area contributed by atoms with Gasteiger partial charge in [-0.2, -0.15) is 5.10 Å². The highest BCUT2D eigenvalue weighted by molar-refractivity contribution is 5.91. The number of nitrogens with zero attached hydrogens (tertiary/aromatic N) is 4. The molecule has 2 heterocycles. The van der Waals surface area contributed by atoms with E-state index in [-0.39, 0.29) is 5.91 Å². The average molecular weight is 337 g/mol. The predicted octanol–water partition coefficient (Wildman–Crippen LogP) is 3.46. The molecule has 1 N–H and O–H groups in total. The summed E-state index contributed by atoms with van der Waals surface area (Å²) in [5.41, 5.74) is 3.12. The van der Waals surface area contributed by atoms with Crippen molar-refractivity contribution in [1.29, 1.82) is 0 Å². The number of fused-ring (bicyclic) bond motifs is 1. The molecule has 0 aliphatic heterocycles. The van der Waals surface area contributed by atoms with E-state index in [1.54, 1.807) is 10.9 Å². The number of rotatable bonds is 5. The molecule has 6 heteroatoms. The monoisotopic (exact) mass is 337 g/mol. The smallest absolute Gasteiger partial charge is 0.227 e. The number of para-hydroxylation sites is 2. The SMILES string of the molecule is Cn1cc(CCC(=O)Nc2nc3ccccc3n2C2CCCC2)cn1. The Balaban J connectivity index is 1.53. The van der Waals surface area contributed by atoms with Gasteiger partial charge < -0.3 is 4.57 Å².